The third-order valence-electron chi connectivity index (χ3n) is 3.27. The number of carboxylic acid groups (broad SMARTS) is 2. The molecular formula is C15H29NO4. The minimum Gasteiger partial charge on any atom is -0.481 e. The van der Waals surface area contributed by atoms with Crippen LogP contribution < -0.4 is 5.32 Å². The van der Waals surface area contributed by atoms with Gasteiger partial charge in [-0.1, -0.05) is 51.4 Å². The summed E-state index contributed by atoms with van der Waals surface area (Å²) >= 11 is 0. The number of hydrogen-bond acceptors (Lipinski definition) is 3. The molecule has 118 valence electrons. The van der Waals surface area contributed by atoms with Crippen LogP contribution in [0.1, 0.15) is 70.6 Å². The molecule has 0 saturated heterocycles. The molecule has 0 aliphatic heterocycles. The number of carbonyl (C=O) groups is 2. The summed E-state index contributed by atoms with van der Waals surface area (Å²) in [7, 11) is 0. The Morgan fingerprint density at radius 1 is 0.650 bits per heavy atom. The number of aliphatic carboxylic acids is 2. The monoisotopic (exact) mass is 287 g/mol. The lowest BCUT2D eigenvalue weighted by molar-refractivity contribution is -0.137. The van der Waals surface area contributed by atoms with Gasteiger partial charge < -0.3 is 15.5 Å². The maximum absolute atomic E-state index is 10.3. The summed E-state index contributed by atoms with van der Waals surface area (Å²) in [5, 5.41) is 19.8. The molecule has 0 amide bonds. The SMILES string of the molecule is O=C(O)CCCCCCCCCCCCNCC(=O)O. The predicted octanol–water partition coefficient (Wildman–Crippen LogP) is 3.04. The van der Waals surface area contributed by atoms with Gasteiger partial charge in [0.1, 0.15) is 0 Å². The number of carboxylic acids is 2. The van der Waals surface area contributed by atoms with E-state index in [9.17, 15) is 9.59 Å². The van der Waals surface area contributed by atoms with E-state index in [4.69, 9.17) is 10.2 Å². The molecule has 3 N–H and O–H groups in total. The highest BCUT2D eigenvalue weighted by Gasteiger charge is 1.97. The van der Waals surface area contributed by atoms with Gasteiger partial charge in [-0.05, 0) is 19.4 Å². The first kappa shape index (κ1) is 18.9. The van der Waals surface area contributed by atoms with Gasteiger partial charge in [0.2, 0.25) is 0 Å². The number of hydrogen-bond donors (Lipinski definition) is 3. The first-order chi connectivity index (χ1) is 9.63. The summed E-state index contributed by atoms with van der Waals surface area (Å²) in [6.07, 6.45) is 11.6. The van der Waals surface area contributed by atoms with E-state index in [-0.39, 0.29) is 6.54 Å². The van der Waals surface area contributed by atoms with E-state index in [0.29, 0.717) is 6.42 Å². The minimum absolute atomic E-state index is 0.0574. The molecule has 5 heteroatoms. The molecule has 0 fully saturated rings. The zero-order chi connectivity index (χ0) is 15.1. The van der Waals surface area contributed by atoms with E-state index < -0.39 is 11.9 Å². The summed E-state index contributed by atoms with van der Waals surface area (Å²) in [5.41, 5.74) is 0. The Labute approximate surface area is 121 Å². The third-order valence-corrected chi connectivity index (χ3v) is 3.27. The van der Waals surface area contributed by atoms with Gasteiger partial charge in [-0.15, -0.1) is 0 Å². The van der Waals surface area contributed by atoms with Crippen molar-refractivity contribution >= 4 is 11.9 Å². The number of unbranched alkanes of at least 4 members (excludes halogenated alkanes) is 9. The zero-order valence-corrected chi connectivity index (χ0v) is 12.4. The van der Waals surface area contributed by atoms with Crippen LogP contribution in [0.4, 0.5) is 0 Å². The fraction of sp³-hybridized carbons (Fsp3) is 0.867. The van der Waals surface area contributed by atoms with Crippen molar-refractivity contribution in [3.05, 3.63) is 0 Å². The lowest BCUT2D eigenvalue weighted by Crippen LogP contribution is -2.23. The normalized spacial score (nSPS) is 10.6. The molecule has 0 radical (unpaired) electrons. The molecule has 0 spiro atoms. The predicted molar refractivity (Wildman–Crippen MR) is 78.9 cm³/mol. The lowest BCUT2D eigenvalue weighted by atomic mass is 10.1. The van der Waals surface area contributed by atoms with Crippen LogP contribution in [-0.4, -0.2) is 35.2 Å². The van der Waals surface area contributed by atoms with Crippen LogP contribution in [0, 0.1) is 0 Å². The fourth-order valence-electron chi connectivity index (χ4n) is 2.14. The molecule has 0 heterocycles. The smallest absolute Gasteiger partial charge is 0.317 e. The van der Waals surface area contributed by atoms with Crippen LogP contribution in [0.2, 0.25) is 0 Å². The fourth-order valence-corrected chi connectivity index (χ4v) is 2.14. The topological polar surface area (TPSA) is 86.6 Å². The molecule has 0 unspecified atom stereocenters. The number of rotatable bonds is 15. The van der Waals surface area contributed by atoms with Gasteiger partial charge in [0.05, 0.1) is 6.54 Å². The molecule has 0 atom stereocenters. The van der Waals surface area contributed by atoms with Crippen molar-refractivity contribution in [2.24, 2.45) is 0 Å². The maximum Gasteiger partial charge on any atom is 0.317 e. The van der Waals surface area contributed by atoms with Crippen LogP contribution in [0.15, 0.2) is 0 Å². The van der Waals surface area contributed by atoms with E-state index >= 15 is 0 Å². The Bertz CT molecular complexity index is 230. The van der Waals surface area contributed by atoms with Crippen molar-refractivity contribution in [2.45, 2.75) is 70.6 Å². The summed E-state index contributed by atoms with van der Waals surface area (Å²) in [6.45, 7) is 0.845. The van der Waals surface area contributed by atoms with Gasteiger partial charge in [-0.3, -0.25) is 9.59 Å². The van der Waals surface area contributed by atoms with E-state index in [1.165, 1.54) is 32.1 Å². The molecule has 0 bridgehead atoms. The molecule has 0 aromatic heterocycles. The summed E-state index contributed by atoms with van der Waals surface area (Å²) in [5.74, 6) is -1.49. The standard InChI is InChI=1S/C15H29NO4/c17-14(18)11-9-7-5-3-1-2-4-6-8-10-12-16-13-15(19)20/h16H,1-13H2,(H,17,18)(H,19,20). The van der Waals surface area contributed by atoms with Crippen molar-refractivity contribution in [3.8, 4) is 0 Å². The molecule has 0 aromatic carbocycles. The van der Waals surface area contributed by atoms with Gasteiger partial charge in [-0.25, -0.2) is 0 Å². The second-order valence-corrected chi connectivity index (χ2v) is 5.25. The zero-order valence-electron chi connectivity index (χ0n) is 12.4. The molecule has 0 rings (SSSR count). The van der Waals surface area contributed by atoms with Gasteiger partial charge in [0.15, 0.2) is 0 Å². The summed E-state index contributed by atoms with van der Waals surface area (Å²) in [6, 6.07) is 0. The summed E-state index contributed by atoms with van der Waals surface area (Å²) in [4.78, 5) is 20.5. The van der Waals surface area contributed by atoms with Crippen LogP contribution in [-0.2, 0) is 9.59 Å². The van der Waals surface area contributed by atoms with Crippen LogP contribution >= 0.6 is 0 Å². The Hall–Kier alpha value is -1.10. The van der Waals surface area contributed by atoms with Crippen LogP contribution in [0.25, 0.3) is 0 Å². The molecule has 20 heavy (non-hydrogen) atoms. The molecule has 0 aliphatic rings. The number of nitrogens with one attached hydrogen (secondary N) is 1. The Kier molecular flexibility index (Phi) is 13.5. The van der Waals surface area contributed by atoms with E-state index in [2.05, 4.69) is 5.32 Å². The Balaban J connectivity index is 2.99. The second-order valence-electron chi connectivity index (χ2n) is 5.25. The molecule has 0 saturated carbocycles. The van der Waals surface area contributed by atoms with Crippen molar-refractivity contribution in [2.75, 3.05) is 13.1 Å². The molecular weight excluding hydrogens is 258 g/mol. The second kappa shape index (κ2) is 14.3. The Morgan fingerprint density at radius 2 is 1.10 bits per heavy atom. The van der Waals surface area contributed by atoms with E-state index in [1.54, 1.807) is 0 Å². The average Bonchev–Trinajstić information content (AvgIpc) is 2.38. The highest BCUT2D eigenvalue weighted by atomic mass is 16.4. The van der Waals surface area contributed by atoms with Crippen molar-refractivity contribution < 1.29 is 19.8 Å². The lowest BCUT2D eigenvalue weighted by Gasteiger charge is -2.03. The molecule has 0 aromatic rings. The van der Waals surface area contributed by atoms with E-state index in [1.807, 2.05) is 0 Å². The highest BCUT2D eigenvalue weighted by Crippen LogP contribution is 2.11. The first-order valence-corrected chi connectivity index (χ1v) is 7.77. The largest absolute Gasteiger partial charge is 0.481 e. The van der Waals surface area contributed by atoms with E-state index in [0.717, 1.165) is 38.6 Å². The van der Waals surface area contributed by atoms with Crippen molar-refractivity contribution in [1.29, 1.82) is 0 Å². The van der Waals surface area contributed by atoms with Crippen LogP contribution in [0.5, 0.6) is 0 Å². The van der Waals surface area contributed by atoms with Gasteiger partial charge >= 0.3 is 11.9 Å². The molecule has 0 aliphatic carbocycles. The molecule has 5 nitrogen and oxygen atoms in total. The Morgan fingerprint density at radius 3 is 1.55 bits per heavy atom. The maximum atomic E-state index is 10.3. The van der Waals surface area contributed by atoms with Gasteiger partial charge in [0.25, 0.3) is 0 Å². The van der Waals surface area contributed by atoms with Gasteiger partial charge in [-0.2, -0.15) is 0 Å². The average molecular weight is 287 g/mol. The van der Waals surface area contributed by atoms with Crippen molar-refractivity contribution in [3.63, 3.8) is 0 Å². The highest BCUT2D eigenvalue weighted by molar-refractivity contribution is 5.68. The third kappa shape index (κ3) is 16.9. The van der Waals surface area contributed by atoms with Gasteiger partial charge in [0, 0.05) is 6.42 Å². The van der Waals surface area contributed by atoms with Crippen molar-refractivity contribution in [1.82, 2.24) is 5.32 Å². The quantitative estimate of drug-likeness (QED) is 0.403. The minimum atomic E-state index is -0.798. The first-order valence-electron chi connectivity index (χ1n) is 7.77. The van der Waals surface area contributed by atoms with Crippen LogP contribution in [0.3, 0.4) is 0 Å². The summed E-state index contributed by atoms with van der Waals surface area (Å²) < 4.78 is 0.